The van der Waals surface area contributed by atoms with Crippen LogP contribution in [0.15, 0.2) is 86.0 Å². The molecule has 0 bridgehead atoms. The summed E-state index contributed by atoms with van der Waals surface area (Å²) in [4.78, 5) is 27.8. The van der Waals surface area contributed by atoms with Crippen LogP contribution in [0.25, 0.3) is 43.9 Å². The molecule has 47 heavy (non-hydrogen) atoms. The van der Waals surface area contributed by atoms with Crippen LogP contribution in [0.3, 0.4) is 0 Å². The second kappa shape index (κ2) is 14.7. The maximum atomic E-state index is 6.03. The van der Waals surface area contributed by atoms with Crippen LogP contribution in [-0.4, -0.2) is 39.5 Å². The number of halogens is 5. The van der Waals surface area contributed by atoms with Gasteiger partial charge in [0.2, 0.25) is 0 Å². The van der Waals surface area contributed by atoms with Crippen molar-refractivity contribution in [2.24, 2.45) is 0 Å². The van der Waals surface area contributed by atoms with Crippen molar-refractivity contribution in [1.82, 2.24) is 39.5 Å². The lowest BCUT2D eigenvalue weighted by atomic mass is 10.1. The molecule has 0 spiro atoms. The van der Waals surface area contributed by atoms with Gasteiger partial charge in [-0.2, -0.15) is 0 Å². The van der Waals surface area contributed by atoms with E-state index in [9.17, 15) is 0 Å². The van der Waals surface area contributed by atoms with Gasteiger partial charge in [0.05, 0.1) is 31.9 Å². The quantitative estimate of drug-likeness (QED) is 0.118. The number of pyridine rings is 2. The monoisotopic (exact) mass is 906 g/mol. The highest BCUT2D eigenvalue weighted by molar-refractivity contribution is 14.1. The van der Waals surface area contributed by atoms with Crippen molar-refractivity contribution in [1.29, 1.82) is 0 Å². The average Bonchev–Trinajstić information content (AvgIpc) is 3.61. The molecule has 10 nitrogen and oxygen atoms in total. The summed E-state index contributed by atoms with van der Waals surface area (Å²) < 4.78 is 4.17. The highest BCUT2D eigenvalue weighted by atomic mass is 127. The van der Waals surface area contributed by atoms with Crippen molar-refractivity contribution in [3.05, 3.63) is 114 Å². The van der Waals surface area contributed by atoms with Crippen molar-refractivity contribution in [2.75, 3.05) is 11.5 Å². The number of H-pyrrole nitrogens is 1. The van der Waals surface area contributed by atoms with Crippen LogP contribution in [0.1, 0.15) is 11.1 Å². The topological polar surface area (TPSA) is 150 Å². The third kappa shape index (κ3) is 7.62. The normalized spacial score (nSPS) is 11.0. The number of alkyl halides is 1. The molecule has 0 aliphatic heterocycles. The predicted octanol–water partition coefficient (Wildman–Crippen LogP) is 8.64. The van der Waals surface area contributed by atoms with Crippen LogP contribution in [-0.2, 0) is 12.4 Å². The fraction of sp³-hybridized carbons (Fsp3) is 0.0625. The zero-order valence-corrected chi connectivity index (χ0v) is 30.8. The Labute approximate surface area is 310 Å². The second-order valence-electron chi connectivity index (χ2n) is 10.2. The first-order chi connectivity index (χ1) is 22.7. The van der Waals surface area contributed by atoms with Gasteiger partial charge in [-0.05, 0) is 92.7 Å². The van der Waals surface area contributed by atoms with Gasteiger partial charge in [0.25, 0.3) is 0 Å². The summed E-state index contributed by atoms with van der Waals surface area (Å²) in [6, 6.07) is 15.9. The number of anilines is 2. The molecule has 6 heterocycles. The van der Waals surface area contributed by atoms with Crippen molar-refractivity contribution in [2.45, 2.75) is 12.4 Å². The lowest BCUT2D eigenvalue weighted by Gasteiger charge is -2.06. The van der Waals surface area contributed by atoms with Gasteiger partial charge >= 0.3 is 0 Å². The summed E-state index contributed by atoms with van der Waals surface area (Å²) in [6.45, 7) is 0.693. The summed E-state index contributed by atoms with van der Waals surface area (Å²) in [6.07, 6.45) is 10.1. The Morgan fingerprint density at radius 2 is 1.30 bits per heavy atom. The first-order valence-corrected chi connectivity index (χ1v) is 17.3. The lowest BCUT2D eigenvalue weighted by Crippen LogP contribution is -2.00. The molecule has 0 unspecified atom stereocenters. The Balaban J connectivity index is 0.000000136. The lowest BCUT2D eigenvalue weighted by molar-refractivity contribution is 0.823. The Morgan fingerprint density at radius 1 is 0.702 bits per heavy atom. The highest BCUT2D eigenvalue weighted by Crippen LogP contribution is 2.27. The third-order valence-corrected chi connectivity index (χ3v) is 9.41. The molecular formula is C32H23Cl3I2N10. The van der Waals surface area contributed by atoms with Gasteiger partial charge in [0.1, 0.15) is 35.6 Å². The number of aromatic nitrogens is 8. The molecule has 0 saturated carbocycles. The zero-order chi connectivity index (χ0) is 33.1. The van der Waals surface area contributed by atoms with E-state index in [2.05, 4.69) is 96.8 Å². The van der Waals surface area contributed by atoms with Crippen molar-refractivity contribution in [3.63, 3.8) is 0 Å². The maximum absolute atomic E-state index is 6.03. The molecule has 236 valence electrons. The molecule has 0 radical (unpaired) electrons. The molecular weight excluding hydrogens is 885 g/mol. The third-order valence-electron chi connectivity index (χ3n) is 7.02. The van der Waals surface area contributed by atoms with Gasteiger partial charge in [-0.1, -0.05) is 35.3 Å². The van der Waals surface area contributed by atoms with Crippen LogP contribution < -0.4 is 11.5 Å². The molecule has 5 N–H and O–H groups in total. The minimum Gasteiger partial charge on any atom is -0.383 e. The average molecular weight is 908 g/mol. The minimum absolute atomic E-state index is 0.507. The zero-order valence-electron chi connectivity index (χ0n) is 24.2. The van der Waals surface area contributed by atoms with E-state index < -0.39 is 0 Å². The Hall–Kier alpha value is -3.57. The van der Waals surface area contributed by atoms with E-state index in [4.69, 9.17) is 46.3 Å². The van der Waals surface area contributed by atoms with Crippen molar-refractivity contribution >= 4 is 135 Å². The number of fused-ring (bicyclic) bond motifs is 4. The van der Waals surface area contributed by atoms with Gasteiger partial charge in [-0.3, -0.25) is 9.97 Å². The van der Waals surface area contributed by atoms with E-state index in [0.29, 0.717) is 34.1 Å². The number of nitrogens with one attached hydrogen (secondary N) is 1. The number of nitrogens with two attached hydrogens (primary N) is 2. The number of nitrogens with zero attached hydrogens (tertiary/aromatic N) is 7. The molecule has 8 aromatic rings. The van der Waals surface area contributed by atoms with E-state index >= 15 is 0 Å². The van der Waals surface area contributed by atoms with Gasteiger partial charge in [0, 0.05) is 55.1 Å². The Morgan fingerprint density at radius 3 is 1.94 bits per heavy atom. The second-order valence-corrected chi connectivity index (χ2v) is 13.6. The number of benzene rings is 2. The Bertz CT molecular complexity index is 2380. The molecule has 0 aliphatic rings. The van der Waals surface area contributed by atoms with E-state index in [0.717, 1.165) is 62.1 Å². The highest BCUT2D eigenvalue weighted by Gasteiger charge is 2.12. The summed E-state index contributed by atoms with van der Waals surface area (Å²) in [5, 5.41) is 5.16. The molecule has 0 aliphatic carbocycles. The van der Waals surface area contributed by atoms with E-state index in [-0.39, 0.29) is 0 Å². The SMILES string of the molecule is ClCc1ccc2ncc(Cl)cc2c1.Nc1ncnc2[nH]cc(I)c12.Nc1ncnc2c1c(I)cn2Cc1ccc2ncc(Cl)cc2c1. The number of aromatic amines is 1. The summed E-state index contributed by atoms with van der Waals surface area (Å²) in [5.74, 6) is 1.55. The van der Waals surface area contributed by atoms with Crippen LogP contribution in [0.2, 0.25) is 10.0 Å². The largest absolute Gasteiger partial charge is 0.383 e. The van der Waals surface area contributed by atoms with E-state index in [1.165, 1.54) is 12.7 Å². The van der Waals surface area contributed by atoms with Crippen molar-refractivity contribution < 1.29 is 0 Å². The van der Waals surface area contributed by atoms with Gasteiger partial charge < -0.3 is 21.0 Å². The summed E-state index contributed by atoms with van der Waals surface area (Å²) in [5.41, 5.74) is 17.3. The van der Waals surface area contributed by atoms with Gasteiger partial charge in [0.15, 0.2) is 0 Å². The van der Waals surface area contributed by atoms with Crippen LogP contribution in [0.4, 0.5) is 11.6 Å². The first-order valence-electron chi connectivity index (χ1n) is 13.8. The summed E-state index contributed by atoms with van der Waals surface area (Å²) in [7, 11) is 0. The fourth-order valence-corrected chi connectivity index (χ4v) is 6.89. The van der Waals surface area contributed by atoms with Gasteiger partial charge in [-0.25, -0.2) is 19.9 Å². The smallest absolute Gasteiger partial charge is 0.146 e. The number of rotatable bonds is 3. The molecule has 0 amide bonds. The number of hydrogen-bond donors (Lipinski definition) is 3. The molecule has 0 atom stereocenters. The Kier molecular flexibility index (Phi) is 10.4. The van der Waals surface area contributed by atoms with E-state index in [1.54, 1.807) is 12.4 Å². The predicted molar refractivity (Wildman–Crippen MR) is 208 cm³/mol. The number of hydrogen-bond acceptors (Lipinski definition) is 8. The first kappa shape index (κ1) is 33.3. The molecule has 15 heteroatoms. The van der Waals surface area contributed by atoms with Crippen molar-refractivity contribution in [3.8, 4) is 0 Å². The standard InChI is InChI=1S/C16H11ClIN5.C10H7Cl2N.C6H5IN4/c17-11-4-10-3-9(1-2-13(10)20-5-11)6-23-7-12(18)14-15(19)21-8-22-16(14)23;11-5-7-1-2-10-8(3-7)4-9(12)6-13-10;7-3-1-9-6-4(3)5(8)10-2-11-6/h1-5,7-8H,6H2,(H2,19,21,22);1-4,6H,5H2;1-2H,(H3,8,9,10,11). The molecule has 8 rings (SSSR count). The van der Waals surface area contributed by atoms with E-state index in [1.807, 2.05) is 48.8 Å². The molecule has 0 saturated heterocycles. The maximum Gasteiger partial charge on any atom is 0.146 e. The molecule has 0 fully saturated rings. The van der Waals surface area contributed by atoms with Crippen LogP contribution >= 0.6 is 80.0 Å². The molecule has 2 aromatic carbocycles. The van der Waals surface area contributed by atoms with Gasteiger partial charge in [-0.15, -0.1) is 11.6 Å². The van der Waals surface area contributed by atoms with Crippen LogP contribution in [0, 0.1) is 7.14 Å². The van der Waals surface area contributed by atoms with Crippen LogP contribution in [0.5, 0.6) is 0 Å². The number of nitrogen functional groups attached to an aromatic ring is 2. The minimum atomic E-state index is 0.507. The fourth-order valence-electron chi connectivity index (χ4n) is 4.85. The molecule has 6 aromatic heterocycles. The summed E-state index contributed by atoms with van der Waals surface area (Å²) >= 11 is 22.0.